The van der Waals surface area contributed by atoms with Crippen LogP contribution >= 0.6 is 0 Å². The van der Waals surface area contributed by atoms with E-state index in [1.807, 2.05) is 35.2 Å². The number of nitrogens with zero attached hydrogens (tertiary/aromatic N) is 1. The molecule has 0 atom stereocenters. The summed E-state index contributed by atoms with van der Waals surface area (Å²) in [6.07, 6.45) is 0. The quantitative estimate of drug-likeness (QED) is 0.701. The molecule has 2 aromatic rings. The lowest BCUT2D eigenvalue weighted by Gasteiger charge is -2.21. The molecule has 2 aromatic carbocycles. The number of hydrogen-bond acceptors (Lipinski definition) is 4. The number of rotatable bonds is 6. The zero-order chi connectivity index (χ0) is 15.2. The van der Waals surface area contributed by atoms with Gasteiger partial charge in [-0.2, -0.15) is 0 Å². The lowest BCUT2D eigenvalue weighted by molar-refractivity contribution is -0.119. The van der Waals surface area contributed by atoms with E-state index >= 15 is 0 Å². The molecule has 21 heavy (non-hydrogen) atoms. The summed E-state index contributed by atoms with van der Waals surface area (Å²) in [5, 5.41) is 9.51. The molecule has 2 rings (SSSR count). The maximum Gasteiger partial charge on any atom is 0.231 e. The van der Waals surface area contributed by atoms with Crippen molar-refractivity contribution in [2.45, 2.75) is 13.1 Å². The number of anilines is 1. The first kappa shape index (κ1) is 14.9. The van der Waals surface area contributed by atoms with Crippen molar-refractivity contribution in [3.05, 3.63) is 59.7 Å². The maximum atomic E-state index is 11.2. The van der Waals surface area contributed by atoms with Crippen molar-refractivity contribution in [1.82, 2.24) is 4.90 Å². The first-order valence-corrected chi connectivity index (χ1v) is 6.66. The Hall–Kier alpha value is -2.53. The molecule has 0 radical (unpaired) electrons. The largest absolute Gasteiger partial charge is 0.508 e. The minimum absolute atomic E-state index is 0.143. The summed E-state index contributed by atoms with van der Waals surface area (Å²) in [5.74, 6) is -0.186. The first-order chi connectivity index (χ1) is 10.0. The van der Waals surface area contributed by atoms with E-state index in [0.29, 0.717) is 18.8 Å². The summed E-state index contributed by atoms with van der Waals surface area (Å²) in [4.78, 5) is 13.1. The molecule has 0 aliphatic rings. The SMILES string of the molecule is NC(=O)CN(Cc1cccc(N)c1)Cc1cccc(O)c1. The molecule has 5 heteroatoms. The monoisotopic (exact) mass is 285 g/mol. The third-order valence-corrected chi connectivity index (χ3v) is 3.05. The van der Waals surface area contributed by atoms with Gasteiger partial charge in [-0.3, -0.25) is 9.69 Å². The van der Waals surface area contributed by atoms with Gasteiger partial charge in [0.05, 0.1) is 6.54 Å². The van der Waals surface area contributed by atoms with Crippen LogP contribution in [0.3, 0.4) is 0 Å². The Morgan fingerprint density at radius 1 is 1.05 bits per heavy atom. The van der Waals surface area contributed by atoms with Gasteiger partial charge in [0.25, 0.3) is 0 Å². The molecule has 0 spiro atoms. The highest BCUT2D eigenvalue weighted by atomic mass is 16.3. The smallest absolute Gasteiger partial charge is 0.231 e. The highest BCUT2D eigenvalue weighted by Crippen LogP contribution is 2.15. The summed E-state index contributed by atoms with van der Waals surface area (Å²) in [6, 6.07) is 14.5. The van der Waals surface area contributed by atoms with Gasteiger partial charge in [0.1, 0.15) is 5.75 Å². The van der Waals surface area contributed by atoms with E-state index in [2.05, 4.69) is 0 Å². The summed E-state index contributed by atoms with van der Waals surface area (Å²) in [5.41, 5.74) is 13.7. The molecule has 0 heterocycles. The molecule has 5 nitrogen and oxygen atoms in total. The molecule has 0 aliphatic heterocycles. The fourth-order valence-corrected chi connectivity index (χ4v) is 2.25. The van der Waals surface area contributed by atoms with E-state index in [1.54, 1.807) is 18.2 Å². The Morgan fingerprint density at radius 3 is 2.24 bits per heavy atom. The van der Waals surface area contributed by atoms with Gasteiger partial charge in [0.15, 0.2) is 0 Å². The van der Waals surface area contributed by atoms with Crippen LogP contribution in [0.1, 0.15) is 11.1 Å². The van der Waals surface area contributed by atoms with Crippen molar-refractivity contribution in [1.29, 1.82) is 0 Å². The van der Waals surface area contributed by atoms with E-state index in [9.17, 15) is 9.90 Å². The summed E-state index contributed by atoms with van der Waals surface area (Å²) in [7, 11) is 0. The van der Waals surface area contributed by atoms with Gasteiger partial charge < -0.3 is 16.6 Å². The molecule has 0 bridgehead atoms. The van der Waals surface area contributed by atoms with Crippen LogP contribution in [-0.4, -0.2) is 22.5 Å². The Labute approximate surface area is 123 Å². The number of benzene rings is 2. The molecule has 0 fully saturated rings. The highest BCUT2D eigenvalue weighted by Gasteiger charge is 2.10. The first-order valence-electron chi connectivity index (χ1n) is 6.66. The fraction of sp³-hybridized carbons (Fsp3) is 0.188. The number of nitrogens with two attached hydrogens (primary N) is 2. The van der Waals surface area contributed by atoms with Gasteiger partial charge in [-0.1, -0.05) is 24.3 Å². The van der Waals surface area contributed by atoms with Crippen LogP contribution < -0.4 is 11.5 Å². The maximum absolute atomic E-state index is 11.2. The number of amides is 1. The van der Waals surface area contributed by atoms with Crippen LogP contribution in [0.15, 0.2) is 48.5 Å². The Bertz CT molecular complexity index is 581. The number of primary amides is 1. The van der Waals surface area contributed by atoms with E-state index in [0.717, 1.165) is 11.1 Å². The summed E-state index contributed by atoms with van der Waals surface area (Å²) >= 11 is 0. The highest BCUT2D eigenvalue weighted by molar-refractivity contribution is 5.75. The van der Waals surface area contributed by atoms with Crippen molar-refractivity contribution in [3.63, 3.8) is 0 Å². The molecule has 5 N–H and O–H groups in total. The zero-order valence-corrected chi connectivity index (χ0v) is 11.7. The Kier molecular flexibility index (Phi) is 4.79. The molecule has 0 saturated heterocycles. The van der Waals surface area contributed by atoms with Crippen LogP contribution in [0.4, 0.5) is 5.69 Å². The number of aromatic hydroxyl groups is 1. The van der Waals surface area contributed by atoms with Crippen LogP contribution in [0.25, 0.3) is 0 Å². The predicted molar refractivity (Wildman–Crippen MR) is 82.3 cm³/mol. The molecule has 0 saturated carbocycles. The molecular formula is C16H19N3O2. The number of phenolic OH excluding ortho intramolecular Hbond substituents is 1. The molecule has 0 unspecified atom stereocenters. The molecule has 110 valence electrons. The number of hydrogen-bond donors (Lipinski definition) is 3. The van der Waals surface area contributed by atoms with Crippen molar-refractivity contribution in [2.24, 2.45) is 5.73 Å². The van der Waals surface area contributed by atoms with Crippen molar-refractivity contribution >= 4 is 11.6 Å². The van der Waals surface area contributed by atoms with Gasteiger partial charge >= 0.3 is 0 Å². The molecular weight excluding hydrogens is 266 g/mol. The van der Waals surface area contributed by atoms with Crippen LogP contribution in [0.5, 0.6) is 5.75 Å². The van der Waals surface area contributed by atoms with E-state index in [1.165, 1.54) is 0 Å². The average Bonchev–Trinajstić information content (AvgIpc) is 2.37. The topological polar surface area (TPSA) is 92.6 Å². The van der Waals surface area contributed by atoms with Crippen molar-refractivity contribution in [3.8, 4) is 5.75 Å². The lowest BCUT2D eigenvalue weighted by atomic mass is 10.1. The average molecular weight is 285 g/mol. The van der Waals surface area contributed by atoms with Gasteiger partial charge in [-0.15, -0.1) is 0 Å². The van der Waals surface area contributed by atoms with Crippen LogP contribution in [0.2, 0.25) is 0 Å². The fourth-order valence-electron chi connectivity index (χ4n) is 2.25. The van der Waals surface area contributed by atoms with Crippen LogP contribution in [0, 0.1) is 0 Å². The standard InChI is InChI=1S/C16H19N3O2/c17-14-5-1-3-12(7-14)9-19(11-16(18)21)10-13-4-2-6-15(20)8-13/h1-8,20H,9-11,17H2,(H2,18,21). The molecule has 0 aromatic heterocycles. The van der Waals surface area contributed by atoms with E-state index < -0.39 is 0 Å². The van der Waals surface area contributed by atoms with E-state index in [4.69, 9.17) is 11.5 Å². The van der Waals surface area contributed by atoms with Crippen molar-refractivity contribution < 1.29 is 9.90 Å². The third-order valence-electron chi connectivity index (χ3n) is 3.05. The number of carbonyl (C=O) groups is 1. The zero-order valence-electron chi connectivity index (χ0n) is 11.7. The second-order valence-electron chi connectivity index (χ2n) is 5.03. The predicted octanol–water partition coefficient (Wildman–Crippen LogP) is 1.46. The summed E-state index contributed by atoms with van der Waals surface area (Å²) < 4.78 is 0. The van der Waals surface area contributed by atoms with Gasteiger partial charge in [-0.25, -0.2) is 0 Å². The molecule has 1 amide bonds. The normalized spacial score (nSPS) is 10.7. The lowest BCUT2D eigenvalue weighted by Crippen LogP contribution is -2.33. The Balaban J connectivity index is 2.12. The number of carbonyl (C=O) groups excluding carboxylic acids is 1. The second-order valence-corrected chi connectivity index (χ2v) is 5.03. The van der Waals surface area contributed by atoms with E-state index in [-0.39, 0.29) is 18.2 Å². The van der Waals surface area contributed by atoms with Crippen LogP contribution in [-0.2, 0) is 17.9 Å². The van der Waals surface area contributed by atoms with Gasteiger partial charge in [-0.05, 0) is 35.4 Å². The minimum Gasteiger partial charge on any atom is -0.508 e. The Morgan fingerprint density at radius 2 is 1.67 bits per heavy atom. The second kappa shape index (κ2) is 6.76. The number of nitrogen functional groups attached to an aromatic ring is 1. The molecule has 0 aliphatic carbocycles. The summed E-state index contributed by atoms with van der Waals surface area (Å²) in [6.45, 7) is 1.22. The van der Waals surface area contributed by atoms with Gasteiger partial charge in [0.2, 0.25) is 5.91 Å². The third kappa shape index (κ3) is 4.81. The minimum atomic E-state index is -0.390. The van der Waals surface area contributed by atoms with Gasteiger partial charge in [0, 0.05) is 18.8 Å². The number of phenols is 1. The van der Waals surface area contributed by atoms with Crippen molar-refractivity contribution in [2.75, 3.05) is 12.3 Å².